The Morgan fingerprint density at radius 2 is 1.90 bits per heavy atom. The van der Waals surface area contributed by atoms with E-state index in [-0.39, 0.29) is 36.5 Å². The van der Waals surface area contributed by atoms with Crippen LogP contribution in [0.5, 0.6) is 5.75 Å². The maximum absolute atomic E-state index is 13.6. The van der Waals surface area contributed by atoms with Gasteiger partial charge in [0.05, 0.1) is 23.7 Å². The fourth-order valence-corrected chi connectivity index (χ4v) is 6.26. The Balaban J connectivity index is 1.26. The Labute approximate surface area is 250 Å². The molecular weight excluding hydrogens is 558 g/mol. The van der Waals surface area contributed by atoms with Gasteiger partial charge < -0.3 is 25.6 Å². The largest absolute Gasteiger partial charge is 0.495 e. The maximum Gasteiger partial charge on any atom is 0.243 e. The zero-order valence-electron chi connectivity index (χ0n) is 24.1. The van der Waals surface area contributed by atoms with Crippen LogP contribution in [0.3, 0.4) is 0 Å². The molecule has 12 heteroatoms. The van der Waals surface area contributed by atoms with Gasteiger partial charge in [0.15, 0.2) is 0 Å². The summed E-state index contributed by atoms with van der Waals surface area (Å²) in [6.45, 7) is 2.20. The molecule has 0 radical (unpaired) electrons. The summed E-state index contributed by atoms with van der Waals surface area (Å²) < 4.78 is 6.96. The molecule has 2 aliphatic rings. The van der Waals surface area contributed by atoms with Crippen LogP contribution in [0.2, 0.25) is 5.02 Å². The second-order valence-electron chi connectivity index (χ2n) is 11.3. The van der Waals surface area contributed by atoms with Gasteiger partial charge in [0.25, 0.3) is 0 Å². The number of nitrogens with two attached hydrogens (primary N) is 1. The molecule has 0 aliphatic carbocycles. The van der Waals surface area contributed by atoms with Crippen molar-refractivity contribution in [3.05, 3.63) is 52.5 Å². The lowest BCUT2D eigenvalue weighted by molar-refractivity contribution is -0.140. The molecule has 2 aromatic carbocycles. The summed E-state index contributed by atoms with van der Waals surface area (Å²) in [5.41, 5.74) is 9.86. The molecule has 3 amide bonds. The molecule has 42 heavy (non-hydrogen) atoms. The monoisotopic (exact) mass is 595 g/mol. The van der Waals surface area contributed by atoms with Crippen LogP contribution in [-0.4, -0.2) is 81.3 Å². The van der Waals surface area contributed by atoms with E-state index in [0.29, 0.717) is 36.7 Å². The summed E-state index contributed by atoms with van der Waals surface area (Å²) in [6.07, 6.45) is 3.61. The molecule has 0 spiro atoms. The van der Waals surface area contributed by atoms with Crippen molar-refractivity contribution < 1.29 is 19.1 Å². The summed E-state index contributed by atoms with van der Waals surface area (Å²) >= 11 is 6.35. The molecule has 1 aromatic heterocycles. The van der Waals surface area contributed by atoms with Crippen LogP contribution in [0.1, 0.15) is 43.2 Å². The van der Waals surface area contributed by atoms with Crippen LogP contribution >= 0.6 is 11.6 Å². The Hall–Kier alpha value is -3.70. The highest BCUT2D eigenvalue weighted by Crippen LogP contribution is 2.31. The number of nitrogens with zero attached hydrogens (tertiary/aromatic N) is 5. The first-order valence-corrected chi connectivity index (χ1v) is 14.8. The lowest BCUT2D eigenvalue weighted by Crippen LogP contribution is -2.51. The third kappa shape index (κ3) is 6.68. The number of aromatic nitrogens is 3. The molecule has 3 heterocycles. The fraction of sp³-hybridized carbons (Fsp3) is 0.500. The standard InChI is InChI=1S/C30H38ClN7O4/c1-36-25-8-5-20(15-24(25)34-35-36)17-33-29(40)26-16-21(13-19-6-9-27(42-2)22(31)14-19)18-38(26)30(41)23(32)7-10-28(39)37-11-3-4-12-37/h5-6,8-9,14-15,21,23,26H,3-4,7,10-13,16-18,32H2,1-2H3,(H,33,40)/t21?,23-,26+/m1/s1. The van der Waals surface area contributed by atoms with Crippen LogP contribution in [0.15, 0.2) is 36.4 Å². The number of benzene rings is 2. The van der Waals surface area contributed by atoms with Crippen LogP contribution in [0.4, 0.5) is 0 Å². The zero-order valence-corrected chi connectivity index (χ0v) is 24.8. The second-order valence-corrected chi connectivity index (χ2v) is 11.7. The molecule has 1 unspecified atom stereocenters. The lowest BCUT2D eigenvalue weighted by Gasteiger charge is -2.27. The number of aryl methyl sites for hydroxylation is 1. The second kappa shape index (κ2) is 13.1. The number of methoxy groups -OCH3 is 1. The third-order valence-electron chi connectivity index (χ3n) is 8.30. The predicted molar refractivity (Wildman–Crippen MR) is 159 cm³/mol. The quantitative estimate of drug-likeness (QED) is 0.367. The molecule has 5 rings (SSSR count). The molecule has 3 N–H and O–H groups in total. The number of carbonyl (C=O) groups is 3. The lowest BCUT2D eigenvalue weighted by atomic mass is 9.96. The first-order chi connectivity index (χ1) is 20.2. The van der Waals surface area contributed by atoms with E-state index < -0.39 is 12.1 Å². The highest BCUT2D eigenvalue weighted by atomic mass is 35.5. The Morgan fingerprint density at radius 3 is 2.64 bits per heavy atom. The highest BCUT2D eigenvalue weighted by molar-refractivity contribution is 6.32. The van der Waals surface area contributed by atoms with Gasteiger partial charge >= 0.3 is 0 Å². The smallest absolute Gasteiger partial charge is 0.243 e. The molecule has 2 fully saturated rings. The van der Waals surface area contributed by atoms with E-state index in [1.165, 1.54) is 0 Å². The molecule has 0 saturated carbocycles. The Morgan fingerprint density at radius 1 is 1.14 bits per heavy atom. The number of halogens is 1. The van der Waals surface area contributed by atoms with E-state index in [1.807, 2.05) is 48.3 Å². The van der Waals surface area contributed by atoms with Gasteiger partial charge in [-0.3, -0.25) is 14.4 Å². The number of hydrogen-bond donors (Lipinski definition) is 2. The predicted octanol–water partition coefficient (Wildman–Crippen LogP) is 2.44. The van der Waals surface area contributed by atoms with E-state index >= 15 is 0 Å². The number of rotatable bonds is 10. The van der Waals surface area contributed by atoms with Gasteiger partial charge in [-0.15, -0.1) is 5.10 Å². The first-order valence-electron chi connectivity index (χ1n) is 14.5. The molecule has 224 valence electrons. The minimum absolute atomic E-state index is 0.0285. The normalized spacial score (nSPS) is 19.3. The van der Waals surface area contributed by atoms with Crippen molar-refractivity contribution in [3.8, 4) is 5.75 Å². The molecule has 3 aromatic rings. The van der Waals surface area contributed by atoms with E-state index in [9.17, 15) is 14.4 Å². The van der Waals surface area contributed by atoms with Crippen molar-refractivity contribution in [3.63, 3.8) is 0 Å². The average molecular weight is 596 g/mol. The van der Waals surface area contributed by atoms with Crippen LogP contribution < -0.4 is 15.8 Å². The summed E-state index contributed by atoms with van der Waals surface area (Å²) in [5, 5.41) is 11.7. The van der Waals surface area contributed by atoms with E-state index in [1.54, 1.807) is 16.7 Å². The maximum atomic E-state index is 13.6. The van der Waals surface area contributed by atoms with Gasteiger partial charge in [-0.1, -0.05) is 28.9 Å². The van der Waals surface area contributed by atoms with Crippen molar-refractivity contribution in [1.29, 1.82) is 0 Å². The van der Waals surface area contributed by atoms with Crippen LogP contribution in [0.25, 0.3) is 11.0 Å². The number of nitrogens with one attached hydrogen (secondary N) is 1. The average Bonchev–Trinajstić information content (AvgIpc) is 3.75. The highest BCUT2D eigenvalue weighted by Gasteiger charge is 2.41. The number of likely N-dealkylation sites (tertiary alicyclic amines) is 2. The van der Waals surface area contributed by atoms with Crippen molar-refractivity contribution in [2.45, 2.75) is 57.2 Å². The van der Waals surface area contributed by atoms with Crippen molar-refractivity contribution in [2.75, 3.05) is 26.7 Å². The Kier molecular flexibility index (Phi) is 9.27. The number of carbonyl (C=O) groups excluding carboxylic acids is 3. The van der Waals surface area contributed by atoms with Crippen LogP contribution in [0, 0.1) is 5.92 Å². The van der Waals surface area contributed by atoms with Crippen molar-refractivity contribution in [1.82, 2.24) is 30.1 Å². The van der Waals surface area contributed by atoms with Crippen molar-refractivity contribution >= 4 is 40.4 Å². The topological polar surface area (TPSA) is 136 Å². The number of fused-ring (bicyclic) bond motifs is 1. The summed E-state index contributed by atoms with van der Waals surface area (Å²) in [4.78, 5) is 43.1. The minimum atomic E-state index is -0.861. The molecule has 3 atom stereocenters. The number of ether oxygens (including phenoxy) is 1. The molecular formula is C30H38ClN7O4. The van der Waals surface area contributed by atoms with E-state index in [0.717, 1.165) is 48.1 Å². The third-order valence-corrected chi connectivity index (χ3v) is 8.60. The van der Waals surface area contributed by atoms with Gasteiger partial charge in [0, 0.05) is 39.6 Å². The van der Waals surface area contributed by atoms with Crippen LogP contribution in [-0.2, 0) is 34.4 Å². The van der Waals surface area contributed by atoms with E-state index in [2.05, 4.69) is 15.6 Å². The molecule has 0 bridgehead atoms. The summed E-state index contributed by atoms with van der Waals surface area (Å²) in [5.74, 6) is 0.109. The van der Waals surface area contributed by atoms with E-state index in [4.69, 9.17) is 22.1 Å². The Bertz CT molecular complexity index is 1450. The minimum Gasteiger partial charge on any atom is -0.495 e. The fourth-order valence-electron chi connectivity index (χ4n) is 5.98. The SMILES string of the molecule is COc1ccc(CC2C[C@@H](C(=O)NCc3ccc4c(c3)nnn4C)N(C(=O)[C@H](N)CCC(=O)N3CCCC3)C2)cc1Cl. The molecule has 2 aliphatic heterocycles. The van der Waals surface area contributed by atoms with Gasteiger partial charge in [-0.2, -0.15) is 0 Å². The number of hydrogen-bond acceptors (Lipinski definition) is 7. The van der Waals surface area contributed by atoms with Gasteiger partial charge in [0.2, 0.25) is 17.7 Å². The first kappa shape index (κ1) is 29.8. The van der Waals surface area contributed by atoms with Gasteiger partial charge in [-0.05, 0) is 73.4 Å². The van der Waals surface area contributed by atoms with Gasteiger partial charge in [-0.25, -0.2) is 4.68 Å². The molecule has 11 nitrogen and oxygen atoms in total. The molecule has 2 saturated heterocycles. The number of amides is 3. The summed E-state index contributed by atoms with van der Waals surface area (Å²) in [7, 11) is 3.39. The van der Waals surface area contributed by atoms with Gasteiger partial charge in [0.1, 0.15) is 17.3 Å². The van der Waals surface area contributed by atoms with Crippen molar-refractivity contribution in [2.24, 2.45) is 18.7 Å². The zero-order chi connectivity index (χ0) is 29.8. The summed E-state index contributed by atoms with van der Waals surface area (Å²) in [6, 6.07) is 9.83.